The van der Waals surface area contributed by atoms with Crippen LogP contribution < -0.4 is 5.32 Å². The predicted octanol–water partition coefficient (Wildman–Crippen LogP) is 2.97. The maximum Gasteiger partial charge on any atom is 0.0948 e. The second-order valence-corrected chi connectivity index (χ2v) is 5.37. The fourth-order valence-electron chi connectivity index (χ4n) is 2.28. The molecule has 0 aliphatic heterocycles. The lowest BCUT2D eigenvalue weighted by Crippen LogP contribution is -2.11. The first kappa shape index (κ1) is 14.6. The van der Waals surface area contributed by atoms with E-state index in [2.05, 4.69) is 65.1 Å². The van der Waals surface area contributed by atoms with E-state index in [1.54, 1.807) is 0 Å². The van der Waals surface area contributed by atoms with Crippen molar-refractivity contribution >= 4 is 5.69 Å². The Morgan fingerprint density at radius 2 is 2.15 bits per heavy atom. The van der Waals surface area contributed by atoms with Crippen molar-refractivity contribution in [1.82, 2.24) is 14.5 Å². The molecule has 4 nitrogen and oxygen atoms in total. The minimum absolute atomic E-state index is 0.811. The lowest BCUT2D eigenvalue weighted by Gasteiger charge is -2.12. The monoisotopic (exact) mass is 272 g/mol. The Bertz CT molecular complexity index is 531. The fraction of sp³-hybridized carbons (Fsp3) is 0.438. The van der Waals surface area contributed by atoms with Crippen LogP contribution in [0.3, 0.4) is 0 Å². The molecule has 0 atom stereocenters. The van der Waals surface area contributed by atoms with Crippen LogP contribution in [0.4, 0.5) is 5.69 Å². The average Bonchev–Trinajstić information content (AvgIpc) is 2.84. The van der Waals surface area contributed by atoms with Crippen LogP contribution in [0.15, 0.2) is 36.8 Å². The molecule has 0 aliphatic rings. The molecule has 0 fully saturated rings. The van der Waals surface area contributed by atoms with E-state index in [4.69, 9.17) is 0 Å². The number of nitrogens with one attached hydrogen (secondary N) is 1. The van der Waals surface area contributed by atoms with Gasteiger partial charge in [0.2, 0.25) is 0 Å². The van der Waals surface area contributed by atoms with E-state index in [1.165, 1.54) is 11.3 Å². The molecule has 0 saturated heterocycles. The highest BCUT2D eigenvalue weighted by Crippen LogP contribution is 2.13. The Morgan fingerprint density at radius 1 is 1.30 bits per heavy atom. The van der Waals surface area contributed by atoms with Gasteiger partial charge in [-0.15, -0.1) is 0 Å². The van der Waals surface area contributed by atoms with E-state index in [0.29, 0.717) is 0 Å². The summed E-state index contributed by atoms with van der Waals surface area (Å²) in [7, 11) is 4.17. The number of imidazole rings is 1. The normalized spacial score (nSPS) is 11.0. The minimum atomic E-state index is 0.811. The van der Waals surface area contributed by atoms with E-state index in [9.17, 15) is 0 Å². The predicted molar refractivity (Wildman–Crippen MR) is 83.7 cm³/mol. The zero-order valence-corrected chi connectivity index (χ0v) is 12.6. The van der Waals surface area contributed by atoms with Gasteiger partial charge in [0.05, 0.1) is 18.6 Å². The summed E-state index contributed by atoms with van der Waals surface area (Å²) in [5.74, 6) is 0. The molecule has 0 spiro atoms. The zero-order chi connectivity index (χ0) is 14.4. The van der Waals surface area contributed by atoms with Gasteiger partial charge in [-0.3, -0.25) is 0 Å². The second-order valence-electron chi connectivity index (χ2n) is 5.37. The summed E-state index contributed by atoms with van der Waals surface area (Å²) in [5, 5.41) is 3.48. The molecular formula is C16H24N4. The molecule has 0 unspecified atom stereocenters. The lowest BCUT2D eigenvalue weighted by atomic mass is 10.2. The molecule has 0 bridgehead atoms. The van der Waals surface area contributed by atoms with Gasteiger partial charge >= 0.3 is 0 Å². The molecule has 0 saturated carbocycles. The third-order valence-electron chi connectivity index (χ3n) is 3.16. The average molecular weight is 272 g/mol. The molecule has 1 aromatic heterocycles. The van der Waals surface area contributed by atoms with Crippen LogP contribution in [0.25, 0.3) is 0 Å². The van der Waals surface area contributed by atoms with Gasteiger partial charge in [0.15, 0.2) is 0 Å². The van der Waals surface area contributed by atoms with Gasteiger partial charge in [0.1, 0.15) is 0 Å². The quantitative estimate of drug-likeness (QED) is 0.841. The summed E-state index contributed by atoms with van der Waals surface area (Å²) in [6.07, 6.45) is 4.97. The number of aromatic nitrogens is 2. The van der Waals surface area contributed by atoms with E-state index >= 15 is 0 Å². The van der Waals surface area contributed by atoms with Crippen molar-refractivity contribution < 1.29 is 0 Å². The third kappa shape index (κ3) is 4.10. The molecule has 0 aliphatic carbocycles. The summed E-state index contributed by atoms with van der Waals surface area (Å²) in [6, 6.07) is 8.58. The van der Waals surface area contributed by atoms with Crippen molar-refractivity contribution in [3.05, 3.63) is 48.0 Å². The van der Waals surface area contributed by atoms with Crippen LogP contribution >= 0.6 is 0 Å². The van der Waals surface area contributed by atoms with Crippen molar-refractivity contribution in [3.8, 4) is 0 Å². The fourth-order valence-corrected chi connectivity index (χ4v) is 2.28. The molecule has 0 amide bonds. The van der Waals surface area contributed by atoms with Crippen LogP contribution in [-0.4, -0.2) is 28.5 Å². The van der Waals surface area contributed by atoms with Gasteiger partial charge < -0.3 is 14.8 Å². The highest BCUT2D eigenvalue weighted by atomic mass is 15.1. The number of benzene rings is 1. The van der Waals surface area contributed by atoms with Crippen LogP contribution in [-0.2, 0) is 19.6 Å². The number of rotatable bonds is 7. The van der Waals surface area contributed by atoms with E-state index < -0.39 is 0 Å². The van der Waals surface area contributed by atoms with Crippen LogP contribution in [0.5, 0.6) is 0 Å². The van der Waals surface area contributed by atoms with Crippen molar-refractivity contribution in [2.45, 2.75) is 33.0 Å². The van der Waals surface area contributed by atoms with Gasteiger partial charge in [-0.25, -0.2) is 4.98 Å². The summed E-state index contributed by atoms with van der Waals surface area (Å²) >= 11 is 0. The Kier molecular flexibility index (Phi) is 5.18. The van der Waals surface area contributed by atoms with E-state index in [1.807, 2.05) is 12.5 Å². The SMILES string of the molecule is CCCn1cncc1CNc1cccc(CN(C)C)c1. The third-order valence-corrected chi connectivity index (χ3v) is 3.16. The van der Waals surface area contributed by atoms with Gasteiger partial charge in [-0.2, -0.15) is 0 Å². The number of aryl methyl sites for hydroxylation is 1. The van der Waals surface area contributed by atoms with Gasteiger partial charge in [0, 0.05) is 25.0 Å². The molecule has 2 rings (SSSR count). The van der Waals surface area contributed by atoms with Crippen molar-refractivity contribution in [1.29, 1.82) is 0 Å². The molecule has 20 heavy (non-hydrogen) atoms. The largest absolute Gasteiger partial charge is 0.379 e. The van der Waals surface area contributed by atoms with Gasteiger partial charge in [-0.1, -0.05) is 19.1 Å². The van der Waals surface area contributed by atoms with Crippen molar-refractivity contribution in [3.63, 3.8) is 0 Å². The molecule has 1 N–H and O–H groups in total. The number of hydrogen-bond acceptors (Lipinski definition) is 3. The molecular weight excluding hydrogens is 248 g/mol. The first-order chi connectivity index (χ1) is 9.69. The number of nitrogens with zero attached hydrogens (tertiary/aromatic N) is 3. The lowest BCUT2D eigenvalue weighted by molar-refractivity contribution is 0.402. The maximum absolute atomic E-state index is 4.23. The Morgan fingerprint density at radius 3 is 2.90 bits per heavy atom. The number of hydrogen-bond donors (Lipinski definition) is 1. The topological polar surface area (TPSA) is 33.1 Å². The number of anilines is 1. The summed E-state index contributed by atoms with van der Waals surface area (Å²) < 4.78 is 2.21. The van der Waals surface area contributed by atoms with E-state index in [0.717, 1.165) is 31.7 Å². The van der Waals surface area contributed by atoms with Crippen molar-refractivity contribution in [2.75, 3.05) is 19.4 Å². The summed E-state index contributed by atoms with van der Waals surface area (Å²) in [6.45, 7) is 4.98. The maximum atomic E-state index is 4.23. The van der Waals surface area contributed by atoms with Crippen LogP contribution in [0, 0.1) is 0 Å². The molecule has 108 valence electrons. The Labute approximate surface area is 121 Å². The highest BCUT2D eigenvalue weighted by Gasteiger charge is 2.02. The van der Waals surface area contributed by atoms with Crippen LogP contribution in [0.1, 0.15) is 24.6 Å². The Hall–Kier alpha value is -1.81. The molecule has 4 heteroatoms. The smallest absolute Gasteiger partial charge is 0.0948 e. The standard InChI is InChI=1S/C16H24N4/c1-4-8-20-13-17-10-16(20)11-18-15-7-5-6-14(9-15)12-19(2)3/h5-7,9-10,13,18H,4,8,11-12H2,1-3H3. The summed E-state index contributed by atoms with van der Waals surface area (Å²) in [5.41, 5.74) is 3.71. The molecule has 1 aromatic carbocycles. The van der Waals surface area contributed by atoms with Crippen LogP contribution in [0.2, 0.25) is 0 Å². The zero-order valence-electron chi connectivity index (χ0n) is 12.6. The molecule has 2 aromatic rings. The minimum Gasteiger partial charge on any atom is -0.379 e. The summed E-state index contributed by atoms with van der Waals surface area (Å²) in [4.78, 5) is 6.40. The van der Waals surface area contributed by atoms with Gasteiger partial charge in [0.25, 0.3) is 0 Å². The first-order valence-electron chi connectivity index (χ1n) is 7.15. The van der Waals surface area contributed by atoms with E-state index in [-0.39, 0.29) is 0 Å². The first-order valence-corrected chi connectivity index (χ1v) is 7.15. The Balaban J connectivity index is 1.98. The highest BCUT2D eigenvalue weighted by molar-refractivity contribution is 5.45. The molecule has 1 heterocycles. The van der Waals surface area contributed by atoms with Gasteiger partial charge in [-0.05, 0) is 38.2 Å². The molecule has 0 radical (unpaired) electrons. The second kappa shape index (κ2) is 7.10. The van der Waals surface area contributed by atoms with Crippen molar-refractivity contribution in [2.24, 2.45) is 0 Å².